The van der Waals surface area contributed by atoms with Crippen molar-refractivity contribution in [2.45, 2.75) is 41.3 Å². The summed E-state index contributed by atoms with van der Waals surface area (Å²) in [5.41, 5.74) is 1.78. The van der Waals surface area contributed by atoms with Crippen LogP contribution < -0.4 is 15.4 Å². The molecule has 0 bridgehead atoms. The predicted octanol–water partition coefficient (Wildman–Crippen LogP) is 0.314. The molecule has 190 valence electrons. The first-order valence-electron chi connectivity index (χ1n) is 11.1. The van der Waals surface area contributed by atoms with E-state index < -0.39 is 37.8 Å². The van der Waals surface area contributed by atoms with Gasteiger partial charge in [-0.2, -0.15) is 0 Å². The number of nitrogens with zero attached hydrogens (tertiary/aromatic N) is 3. The molecule has 5 rings (SSSR count). The number of carbonyl (C=O) groups excluding carboxylic acids is 1. The topological polar surface area (TPSA) is 185 Å². The molecule has 2 fully saturated rings. The van der Waals surface area contributed by atoms with E-state index in [1.165, 1.54) is 12.1 Å². The number of aromatic nitrogens is 4. The number of sulfonamides is 1. The molecule has 0 unspecified atom stereocenters. The number of hydrogen-bond donors (Lipinski definition) is 5. The Labute approximate surface area is 208 Å². The van der Waals surface area contributed by atoms with E-state index in [0.717, 1.165) is 5.56 Å². The zero-order chi connectivity index (χ0) is 25.4. The lowest BCUT2D eigenvalue weighted by molar-refractivity contribution is 0.134. The maximum atomic E-state index is 13.2. The highest BCUT2D eigenvalue weighted by molar-refractivity contribution is 7.90. The van der Waals surface area contributed by atoms with Crippen molar-refractivity contribution < 1.29 is 26.4 Å². The summed E-state index contributed by atoms with van der Waals surface area (Å²) >= 11 is 0. The van der Waals surface area contributed by atoms with Gasteiger partial charge in [-0.3, -0.25) is 0 Å². The van der Waals surface area contributed by atoms with Crippen LogP contribution in [0.1, 0.15) is 25.0 Å². The second-order valence-corrected chi connectivity index (χ2v) is 11.2. The van der Waals surface area contributed by atoms with Crippen LogP contribution in [0.15, 0.2) is 46.2 Å². The summed E-state index contributed by atoms with van der Waals surface area (Å²) in [6.45, 7) is 2.94. The molecule has 36 heavy (non-hydrogen) atoms. The first-order chi connectivity index (χ1) is 17.2. The van der Waals surface area contributed by atoms with Gasteiger partial charge < -0.3 is 15.4 Å². The van der Waals surface area contributed by atoms with Crippen molar-refractivity contribution in [3.05, 3.63) is 42.0 Å². The number of H-pyrrole nitrogens is 1. The SMILES string of the molecule is C[C@H]1NC(=O)O[C@H]1c1ccc(-c2ccc(S(=O)(=O)N[C@@H]3CCNC3)c([SH](=O)=O)c2-c2nnn[nH]2)cc1. The van der Waals surface area contributed by atoms with Crippen LogP contribution in [0.25, 0.3) is 22.5 Å². The fraction of sp³-hybridized carbons (Fsp3) is 0.333. The molecule has 3 atom stereocenters. The minimum absolute atomic E-state index is 0.00500. The number of amides is 1. The van der Waals surface area contributed by atoms with E-state index >= 15 is 0 Å². The van der Waals surface area contributed by atoms with Gasteiger partial charge in [-0.15, -0.1) is 5.10 Å². The van der Waals surface area contributed by atoms with Crippen LogP contribution in [0.5, 0.6) is 0 Å². The van der Waals surface area contributed by atoms with Crippen LogP contribution in [-0.4, -0.2) is 68.7 Å². The first kappa shape index (κ1) is 24.3. The number of cyclic esters (lactones) is 1. The standard InChI is InChI=1S/C21H23N7O6S2/c1-11-18(34-21(29)23-11)13-4-2-12(3-5-13)15-6-7-16(36(32,33)26-14-8-9-22-10-14)19(35(30)31)17(15)20-24-27-28-25-20/h2-7,11,14,18,22,26,35H,8-10H2,1H3,(H,23,29)(H,24,25,27,28)/t11-,14-,18-/m1/s1. The van der Waals surface area contributed by atoms with Gasteiger partial charge in [0, 0.05) is 18.2 Å². The Kier molecular flexibility index (Phi) is 6.46. The molecule has 3 heterocycles. The van der Waals surface area contributed by atoms with Crippen LogP contribution in [0.2, 0.25) is 0 Å². The Morgan fingerprint density at radius 1 is 1.14 bits per heavy atom. The van der Waals surface area contributed by atoms with E-state index in [-0.39, 0.29) is 28.4 Å². The third kappa shape index (κ3) is 4.57. The number of hydrogen-bond acceptors (Lipinski definition) is 10. The van der Waals surface area contributed by atoms with Crippen molar-refractivity contribution in [3.8, 4) is 22.5 Å². The second kappa shape index (κ2) is 9.57. The van der Waals surface area contributed by atoms with E-state index in [0.29, 0.717) is 30.6 Å². The number of benzene rings is 2. The van der Waals surface area contributed by atoms with Crippen LogP contribution in [-0.2, 0) is 25.5 Å². The molecule has 0 radical (unpaired) electrons. The lowest BCUT2D eigenvalue weighted by Gasteiger charge is -2.17. The van der Waals surface area contributed by atoms with Gasteiger partial charge in [0.25, 0.3) is 0 Å². The van der Waals surface area contributed by atoms with E-state index in [1.54, 1.807) is 24.3 Å². The maximum Gasteiger partial charge on any atom is 0.408 e. The largest absolute Gasteiger partial charge is 0.439 e. The van der Waals surface area contributed by atoms with Crippen LogP contribution in [0.3, 0.4) is 0 Å². The van der Waals surface area contributed by atoms with E-state index in [9.17, 15) is 21.6 Å². The molecule has 4 N–H and O–H groups in total. The minimum Gasteiger partial charge on any atom is -0.439 e. The number of alkyl carbamates (subject to hydrolysis) is 1. The molecule has 2 saturated heterocycles. The van der Waals surface area contributed by atoms with Crippen molar-refractivity contribution in [1.82, 2.24) is 36.0 Å². The molecule has 2 aromatic carbocycles. The lowest BCUT2D eigenvalue weighted by Crippen LogP contribution is -2.36. The van der Waals surface area contributed by atoms with Crippen LogP contribution in [0.4, 0.5) is 4.79 Å². The number of tetrazole rings is 1. The number of ether oxygens (including phenoxy) is 1. The smallest absolute Gasteiger partial charge is 0.408 e. The molecule has 13 nitrogen and oxygen atoms in total. The molecule has 1 aromatic heterocycles. The van der Waals surface area contributed by atoms with E-state index in [1.807, 2.05) is 6.92 Å². The zero-order valence-corrected chi connectivity index (χ0v) is 20.7. The summed E-state index contributed by atoms with van der Waals surface area (Å²) in [5.74, 6) is 0.00500. The molecule has 0 saturated carbocycles. The van der Waals surface area contributed by atoms with Crippen molar-refractivity contribution in [2.75, 3.05) is 13.1 Å². The van der Waals surface area contributed by atoms with Crippen molar-refractivity contribution in [1.29, 1.82) is 0 Å². The van der Waals surface area contributed by atoms with Crippen molar-refractivity contribution in [2.24, 2.45) is 0 Å². The minimum atomic E-state index is -4.17. The number of nitrogens with one attached hydrogen (secondary N) is 4. The van der Waals surface area contributed by atoms with Crippen LogP contribution in [0, 0.1) is 0 Å². The fourth-order valence-corrected chi connectivity index (χ4v) is 7.09. The van der Waals surface area contributed by atoms with Gasteiger partial charge in [-0.1, -0.05) is 30.3 Å². The Morgan fingerprint density at radius 2 is 1.92 bits per heavy atom. The number of thiol groups is 1. The van der Waals surface area contributed by atoms with Gasteiger partial charge in [0.15, 0.2) is 16.5 Å². The molecular formula is C21H23N7O6S2. The molecular weight excluding hydrogens is 510 g/mol. The summed E-state index contributed by atoms with van der Waals surface area (Å²) in [5, 5.41) is 19.3. The Hall–Kier alpha value is -3.40. The Morgan fingerprint density at radius 3 is 2.50 bits per heavy atom. The average molecular weight is 534 g/mol. The normalized spacial score (nSPS) is 22.1. The third-order valence-electron chi connectivity index (χ3n) is 6.16. The highest BCUT2D eigenvalue weighted by Gasteiger charge is 2.33. The van der Waals surface area contributed by atoms with E-state index in [2.05, 4.69) is 36.0 Å². The van der Waals surface area contributed by atoms with Gasteiger partial charge in [0.2, 0.25) is 10.0 Å². The van der Waals surface area contributed by atoms with Gasteiger partial charge in [0.1, 0.15) is 11.0 Å². The van der Waals surface area contributed by atoms with Gasteiger partial charge in [0.05, 0.1) is 10.9 Å². The molecule has 3 aromatic rings. The number of aromatic amines is 1. The summed E-state index contributed by atoms with van der Waals surface area (Å²) < 4.78 is 59.3. The average Bonchev–Trinajstić information content (AvgIpc) is 3.61. The lowest BCUT2D eigenvalue weighted by atomic mass is 9.96. The van der Waals surface area contributed by atoms with Crippen LogP contribution >= 0.6 is 0 Å². The van der Waals surface area contributed by atoms with Crippen molar-refractivity contribution in [3.63, 3.8) is 0 Å². The maximum absolute atomic E-state index is 13.2. The van der Waals surface area contributed by atoms with E-state index in [4.69, 9.17) is 4.74 Å². The molecule has 1 amide bonds. The number of rotatable bonds is 7. The molecule has 15 heteroatoms. The Balaban J connectivity index is 1.62. The predicted molar refractivity (Wildman–Crippen MR) is 127 cm³/mol. The van der Waals surface area contributed by atoms with Gasteiger partial charge in [-0.25, -0.2) is 31.5 Å². The summed E-state index contributed by atoms with van der Waals surface area (Å²) in [6.07, 6.45) is -0.384. The molecule has 0 aliphatic carbocycles. The molecule has 2 aliphatic rings. The fourth-order valence-electron chi connectivity index (χ4n) is 4.48. The number of carbonyl (C=O) groups is 1. The summed E-state index contributed by atoms with van der Waals surface area (Å²) in [7, 11) is -7.54. The molecule has 0 spiro atoms. The summed E-state index contributed by atoms with van der Waals surface area (Å²) in [6, 6.07) is 9.21. The first-order valence-corrected chi connectivity index (χ1v) is 13.8. The van der Waals surface area contributed by atoms with Crippen molar-refractivity contribution >= 4 is 26.8 Å². The Bertz CT molecular complexity index is 1460. The highest BCUT2D eigenvalue weighted by atomic mass is 32.2. The zero-order valence-electron chi connectivity index (χ0n) is 19.0. The monoisotopic (exact) mass is 533 g/mol. The van der Waals surface area contributed by atoms with Gasteiger partial charge in [-0.05, 0) is 53.1 Å². The molecule has 2 aliphatic heterocycles. The third-order valence-corrected chi connectivity index (χ3v) is 8.70. The summed E-state index contributed by atoms with van der Waals surface area (Å²) in [4.78, 5) is 10.8. The highest BCUT2D eigenvalue weighted by Crippen LogP contribution is 2.38. The quantitative estimate of drug-likeness (QED) is 0.265. The van der Waals surface area contributed by atoms with Gasteiger partial charge >= 0.3 is 6.09 Å². The second-order valence-electron chi connectivity index (χ2n) is 8.53.